The molecular weight excluding hydrogens is 306 g/mol. The Kier molecular flexibility index (Phi) is 3.91. The number of fused-ring (bicyclic) bond motifs is 1. The molecule has 1 amide bonds. The monoisotopic (exact) mass is 320 g/mol. The minimum absolute atomic E-state index is 0.0528. The molecule has 0 fully saturated rings. The Labute approximate surface area is 130 Å². The number of benzene rings is 1. The molecule has 0 aliphatic carbocycles. The molecule has 1 unspecified atom stereocenters. The Morgan fingerprint density at radius 3 is 2.65 bits per heavy atom. The van der Waals surface area contributed by atoms with Crippen molar-refractivity contribution in [1.82, 2.24) is 15.3 Å². The third-order valence-corrected chi connectivity index (χ3v) is 3.50. The number of nitrogens with zero attached hydrogens (tertiary/aromatic N) is 2. The Balaban J connectivity index is 2.17. The van der Waals surface area contributed by atoms with Crippen LogP contribution in [0.3, 0.4) is 0 Å². The van der Waals surface area contributed by atoms with Gasteiger partial charge < -0.3 is 15.7 Å². The molecule has 1 aliphatic rings. The van der Waals surface area contributed by atoms with Crippen LogP contribution in [0, 0.1) is 11.6 Å². The van der Waals surface area contributed by atoms with E-state index in [-0.39, 0.29) is 29.3 Å². The third-order valence-electron chi connectivity index (χ3n) is 3.50. The largest absolute Gasteiger partial charge is 0.374 e. The van der Waals surface area contributed by atoms with Gasteiger partial charge in [-0.2, -0.15) is 0 Å². The van der Waals surface area contributed by atoms with Crippen LogP contribution in [0.2, 0.25) is 0 Å². The highest BCUT2D eigenvalue weighted by Gasteiger charge is 2.28. The van der Waals surface area contributed by atoms with Gasteiger partial charge in [0.25, 0.3) is 5.91 Å². The molecule has 2 heterocycles. The van der Waals surface area contributed by atoms with Crippen molar-refractivity contribution in [3.05, 3.63) is 41.1 Å². The van der Waals surface area contributed by atoms with Crippen molar-refractivity contribution in [2.45, 2.75) is 26.1 Å². The zero-order valence-electron chi connectivity index (χ0n) is 12.2. The van der Waals surface area contributed by atoms with Crippen molar-refractivity contribution < 1.29 is 18.7 Å². The standard InChI is InChI=1S/C15H14F2N4O2/c1-2-10(22)20-14-12-9(6-18-15(12)23)19-13(21-14)11-7(16)4-3-5-8(11)17/h3-5,10,22H,2,6H2,1H3,(H,18,23)(H,19,20,21). The first-order chi connectivity index (χ1) is 11.0. The molecule has 1 aromatic heterocycles. The summed E-state index contributed by atoms with van der Waals surface area (Å²) in [6, 6.07) is 3.45. The first-order valence-corrected chi connectivity index (χ1v) is 7.09. The molecule has 0 bridgehead atoms. The van der Waals surface area contributed by atoms with Crippen molar-refractivity contribution >= 4 is 11.7 Å². The van der Waals surface area contributed by atoms with Gasteiger partial charge >= 0.3 is 0 Å². The van der Waals surface area contributed by atoms with Crippen LogP contribution in [0.25, 0.3) is 11.4 Å². The predicted octanol–water partition coefficient (Wildman–Crippen LogP) is 1.81. The van der Waals surface area contributed by atoms with E-state index in [1.165, 1.54) is 6.07 Å². The summed E-state index contributed by atoms with van der Waals surface area (Å²) in [6.45, 7) is 1.87. The Morgan fingerprint density at radius 1 is 1.30 bits per heavy atom. The first-order valence-electron chi connectivity index (χ1n) is 7.09. The highest BCUT2D eigenvalue weighted by Crippen LogP contribution is 2.29. The molecule has 1 aromatic carbocycles. The lowest BCUT2D eigenvalue weighted by Crippen LogP contribution is -2.21. The summed E-state index contributed by atoms with van der Waals surface area (Å²) >= 11 is 0. The smallest absolute Gasteiger partial charge is 0.257 e. The van der Waals surface area contributed by atoms with Crippen molar-refractivity contribution in [2.24, 2.45) is 0 Å². The summed E-state index contributed by atoms with van der Waals surface area (Å²) in [4.78, 5) is 20.0. The number of rotatable bonds is 4. The number of aliphatic hydroxyl groups is 1. The van der Waals surface area contributed by atoms with Crippen LogP contribution in [0.15, 0.2) is 18.2 Å². The summed E-state index contributed by atoms with van der Waals surface area (Å²) < 4.78 is 27.9. The number of carbonyl (C=O) groups is 1. The molecule has 3 rings (SSSR count). The average Bonchev–Trinajstić information content (AvgIpc) is 2.88. The van der Waals surface area contributed by atoms with Crippen LogP contribution in [-0.4, -0.2) is 27.2 Å². The number of amides is 1. The predicted molar refractivity (Wildman–Crippen MR) is 78.5 cm³/mol. The van der Waals surface area contributed by atoms with Gasteiger partial charge in [0.15, 0.2) is 5.82 Å². The Hall–Kier alpha value is -2.61. The number of hydrogen-bond donors (Lipinski definition) is 3. The van der Waals surface area contributed by atoms with Crippen LogP contribution in [0.5, 0.6) is 0 Å². The van der Waals surface area contributed by atoms with Gasteiger partial charge in [-0.1, -0.05) is 13.0 Å². The van der Waals surface area contributed by atoms with Gasteiger partial charge in [0.1, 0.15) is 29.2 Å². The Bertz CT molecular complexity index is 762. The molecule has 6 nitrogen and oxygen atoms in total. The fraction of sp³-hybridized carbons (Fsp3) is 0.267. The van der Waals surface area contributed by atoms with E-state index in [0.717, 1.165) is 12.1 Å². The van der Waals surface area contributed by atoms with Crippen molar-refractivity contribution in [3.63, 3.8) is 0 Å². The van der Waals surface area contributed by atoms with Crippen molar-refractivity contribution in [2.75, 3.05) is 5.32 Å². The number of halogens is 2. The zero-order valence-corrected chi connectivity index (χ0v) is 12.2. The van der Waals surface area contributed by atoms with Crippen LogP contribution in [0.1, 0.15) is 29.4 Å². The summed E-state index contributed by atoms with van der Waals surface area (Å²) in [6.07, 6.45) is -0.579. The lowest BCUT2D eigenvalue weighted by atomic mass is 10.1. The van der Waals surface area contributed by atoms with Gasteiger partial charge in [-0.05, 0) is 18.6 Å². The maximum atomic E-state index is 14.0. The highest BCUT2D eigenvalue weighted by atomic mass is 19.1. The highest BCUT2D eigenvalue weighted by molar-refractivity contribution is 6.02. The summed E-state index contributed by atoms with van der Waals surface area (Å²) in [7, 11) is 0. The van der Waals surface area contributed by atoms with Crippen LogP contribution < -0.4 is 10.6 Å². The van der Waals surface area contributed by atoms with E-state index in [9.17, 15) is 18.7 Å². The first kappa shape index (κ1) is 15.3. The van der Waals surface area contributed by atoms with Crippen LogP contribution in [-0.2, 0) is 6.54 Å². The molecule has 0 saturated carbocycles. The second-order valence-corrected chi connectivity index (χ2v) is 5.07. The number of hydrogen-bond acceptors (Lipinski definition) is 5. The van der Waals surface area contributed by atoms with E-state index in [4.69, 9.17) is 0 Å². The van der Waals surface area contributed by atoms with E-state index >= 15 is 0 Å². The molecule has 120 valence electrons. The fourth-order valence-corrected chi connectivity index (χ4v) is 2.31. The minimum Gasteiger partial charge on any atom is -0.374 e. The van der Waals surface area contributed by atoms with Gasteiger partial charge in [-0.25, -0.2) is 18.7 Å². The summed E-state index contributed by atoms with van der Waals surface area (Å²) in [5, 5.41) is 15.0. The van der Waals surface area contributed by atoms with Gasteiger partial charge in [0.2, 0.25) is 0 Å². The van der Waals surface area contributed by atoms with Gasteiger partial charge in [-0.3, -0.25) is 4.79 Å². The number of aromatic nitrogens is 2. The van der Waals surface area contributed by atoms with E-state index in [0.29, 0.717) is 12.1 Å². The molecule has 2 aromatic rings. The molecule has 3 N–H and O–H groups in total. The van der Waals surface area contributed by atoms with Crippen LogP contribution >= 0.6 is 0 Å². The molecule has 0 radical (unpaired) electrons. The molecule has 23 heavy (non-hydrogen) atoms. The molecular formula is C15H14F2N4O2. The number of anilines is 1. The lowest BCUT2D eigenvalue weighted by Gasteiger charge is -2.15. The van der Waals surface area contributed by atoms with Gasteiger partial charge in [-0.15, -0.1) is 0 Å². The normalized spacial score (nSPS) is 14.3. The molecule has 0 spiro atoms. The molecule has 0 saturated heterocycles. The second-order valence-electron chi connectivity index (χ2n) is 5.07. The molecule has 1 atom stereocenters. The van der Waals surface area contributed by atoms with Crippen molar-refractivity contribution in [3.8, 4) is 11.4 Å². The van der Waals surface area contributed by atoms with E-state index < -0.39 is 23.8 Å². The fourth-order valence-electron chi connectivity index (χ4n) is 2.31. The van der Waals surface area contributed by atoms with Gasteiger partial charge in [0, 0.05) is 0 Å². The summed E-state index contributed by atoms with van der Waals surface area (Å²) in [5.74, 6) is -2.13. The number of nitrogens with one attached hydrogen (secondary N) is 2. The quantitative estimate of drug-likeness (QED) is 0.748. The van der Waals surface area contributed by atoms with Crippen LogP contribution in [0.4, 0.5) is 14.6 Å². The van der Waals surface area contributed by atoms with E-state index in [2.05, 4.69) is 20.6 Å². The number of carbonyl (C=O) groups excluding carboxylic acids is 1. The molecule has 1 aliphatic heterocycles. The summed E-state index contributed by atoms with van der Waals surface area (Å²) in [5.41, 5.74) is 0.134. The maximum Gasteiger partial charge on any atom is 0.257 e. The lowest BCUT2D eigenvalue weighted by molar-refractivity contribution is 0.0966. The minimum atomic E-state index is -0.944. The van der Waals surface area contributed by atoms with Gasteiger partial charge in [0.05, 0.1) is 17.8 Å². The second kappa shape index (κ2) is 5.88. The Morgan fingerprint density at radius 2 is 2.00 bits per heavy atom. The van der Waals surface area contributed by atoms with E-state index in [1.54, 1.807) is 6.92 Å². The SMILES string of the molecule is CCC(O)Nc1nc(-c2c(F)cccc2F)nc2c1C(=O)NC2. The van der Waals surface area contributed by atoms with E-state index in [1.807, 2.05) is 0 Å². The van der Waals surface area contributed by atoms with Crippen molar-refractivity contribution in [1.29, 1.82) is 0 Å². The molecule has 8 heteroatoms. The number of aliphatic hydroxyl groups excluding tert-OH is 1. The zero-order chi connectivity index (χ0) is 16.6. The maximum absolute atomic E-state index is 14.0. The average molecular weight is 320 g/mol. The third kappa shape index (κ3) is 2.72. The topological polar surface area (TPSA) is 87.1 Å².